The van der Waals surface area contributed by atoms with Crippen molar-refractivity contribution in [2.45, 2.75) is 50.9 Å². The average molecular weight is 305 g/mol. The number of rotatable bonds is 6. The third-order valence-corrected chi connectivity index (χ3v) is 3.22. The van der Waals surface area contributed by atoms with Crippen LogP contribution < -0.4 is 5.32 Å². The van der Waals surface area contributed by atoms with Gasteiger partial charge in [0.1, 0.15) is 18.2 Å². The molecule has 1 aliphatic rings. The Labute approximate surface area is 123 Å². The lowest BCUT2D eigenvalue weighted by Gasteiger charge is -2.21. The number of esters is 1. The van der Waals surface area contributed by atoms with Gasteiger partial charge in [-0.05, 0) is 12.3 Å². The molecule has 3 N–H and O–H groups in total. The molecule has 1 fully saturated rings. The van der Waals surface area contributed by atoms with Crippen LogP contribution in [0.15, 0.2) is 0 Å². The zero-order valence-corrected chi connectivity index (χ0v) is 12.6. The van der Waals surface area contributed by atoms with Gasteiger partial charge in [0.2, 0.25) is 0 Å². The van der Waals surface area contributed by atoms with Crippen molar-refractivity contribution >= 4 is 11.9 Å². The Kier molecular flexibility index (Phi) is 6.53. The number of ether oxygens (including phenoxy) is 3. The van der Waals surface area contributed by atoms with Crippen LogP contribution in [0.4, 0.5) is 0 Å². The highest BCUT2D eigenvalue weighted by atomic mass is 16.7. The third kappa shape index (κ3) is 4.37. The summed E-state index contributed by atoms with van der Waals surface area (Å²) in [4.78, 5) is 23.8. The third-order valence-electron chi connectivity index (χ3n) is 3.22. The van der Waals surface area contributed by atoms with Gasteiger partial charge in [-0.15, -0.1) is 0 Å². The number of carbonyl (C=O) groups is 2. The van der Waals surface area contributed by atoms with Crippen LogP contribution in [0.5, 0.6) is 0 Å². The van der Waals surface area contributed by atoms with Crippen molar-refractivity contribution in [3.63, 3.8) is 0 Å². The lowest BCUT2D eigenvalue weighted by Crippen LogP contribution is -2.49. The van der Waals surface area contributed by atoms with Crippen molar-refractivity contribution in [1.82, 2.24) is 5.32 Å². The smallest absolute Gasteiger partial charge is 0.328 e. The molecule has 1 saturated heterocycles. The fourth-order valence-corrected chi connectivity index (χ4v) is 2.14. The maximum Gasteiger partial charge on any atom is 0.328 e. The van der Waals surface area contributed by atoms with Crippen LogP contribution in [0.1, 0.15) is 20.3 Å². The number of hydrogen-bond acceptors (Lipinski definition) is 7. The van der Waals surface area contributed by atoms with Gasteiger partial charge in [-0.1, -0.05) is 13.8 Å². The maximum absolute atomic E-state index is 12.1. The van der Waals surface area contributed by atoms with Gasteiger partial charge < -0.3 is 29.7 Å². The first kappa shape index (κ1) is 17.8. The molecular weight excluding hydrogens is 282 g/mol. The summed E-state index contributed by atoms with van der Waals surface area (Å²) in [5.74, 6) is -1.12. The van der Waals surface area contributed by atoms with E-state index in [9.17, 15) is 19.8 Å². The Morgan fingerprint density at radius 3 is 2.29 bits per heavy atom. The van der Waals surface area contributed by atoms with Gasteiger partial charge in [0.15, 0.2) is 12.4 Å². The van der Waals surface area contributed by atoms with Gasteiger partial charge in [-0.25, -0.2) is 4.79 Å². The minimum atomic E-state index is -1.42. The molecule has 1 aliphatic heterocycles. The van der Waals surface area contributed by atoms with E-state index in [0.717, 1.165) is 0 Å². The molecule has 0 aromatic heterocycles. The average Bonchev–Trinajstić information content (AvgIpc) is 2.72. The number of aliphatic hydroxyl groups is 2. The molecule has 0 saturated carbocycles. The summed E-state index contributed by atoms with van der Waals surface area (Å²) in [6, 6.07) is -0.836. The molecule has 0 aromatic rings. The molecule has 0 aromatic carbocycles. The Bertz CT molecular complexity index is 374. The van der Waals surface area contributed by atoms with Gasteiger partial charge in [-0.2, -0.15) is 0 Å². The van der Waals surface area contributed by atoms with E-state index < -0.39 is 42.5 Å². The maximum atomic E-state index is 12.1. The minimum Gasteiger partial charge on any atom is -0.467 e. The first-order valence-corrected chi connectivity index (χ1v) is 6.74. The lowest BCUT2D eigenvalue weighted by molar-refractivity contribution is -0.162. The molecule has 0 spiro atoms. The van der Waals surface area contributed by atoms with Gasteiger partial charge in [0.05, 0.1) is 7.11 Å². The Balaban J connectivity index is 2.71. The van der Waals surface area contributed by atoms with E-state index in [1.807, 2.05) is 13.8 Å². The number of nitrogens with one attached hydrogen (secondary N) is 1. The molecule has 1 rings (SSSR count). The summed E-state index contributed by atoms with van der Waals surface area (Å²) in [5.41, 5.74) is 0. The van der Waals surface area contributed by atoms with Crippen LogP contribution in [-0.2, 0) is 23.8 Å². The van der Waals surface area contributed by atoms with Gasteiger partial charge in [0, 0.05) is 7.11 Å². The molecule has 1 heterocycles. The van der Waals surface area contributed by atoms with E-state index in [-0.39, 0.29) is 5.92 Å². The summed E-state index contributed by atoms with van der Waals surface area (Å²) in [6.07, 6.45) is -4.75. The monoisotopic (exact) mass is 305 g/mol. The molecule has 0 aliphatic carbocycles. The molecule has 5 atom stereocenters. The van der Waals surface area contributed by atoms with Gasteiger partial charge >= 0.3 is 5.97 Å². The normalized spacial score (nSPS) is 30.2. The van der Waals surface area contributed by atoms with E-state index in [2.05, 4.69) is 10.1 Å². The molecule has 8 heteroatoms. The number of amides is 1. The van der Waals surface area contributed by atoms with Crippen molar-refractivity contribution < 1.29 is 34.0 Å². The highest BCUT2D eigenvalue weighted by Gasteiger charge is 2.47. The predicted molar refractivity (Wildman–Crippen MR) is 71.1 cm³/mol. The molecule has 122 valence electrons. The van der Waals surface area contributed by atoms with Gasteiger partial charge in [-0.3, -0.25) is 4.79 Å². The first-order chi connectivity index (χ1) is 9.81. The fraction of sp³-hybridized carbons (Fsp3) is 0.846. The van der Waals surface area contributed by atoms with Gasteiger partial charge in [0.25, 0.3) is 5.91 Å². The summed E-state index contributed by atoms with van der Waals surface area (Å²) in [5, 5.41) is 21.9. The standard InChI is InChI=1S/C13H23NO7/c1-6(2)5-7(12(18)19-3)14-11(17)10-8(15)9(16)13(20-4)21-10/h6-10,13,15-16H,5H2,1-4H3,(H,14,17)/t7?,8-,9+,10-,13+/m0/s1. The number of carbonyl (C=O) groups excluding carboxylic acids is 2. The van der Waals surface area contributed by atoms with Crippen LogP contribution >= 0.6 is 0 Å². The number of methoxy groups -OCH3 is 2. The second-order valence-corrected chi connectivity index (χ2v) is 5.36. The van der Waals surface area contributed by atoms with Crippen molar-refractivity contribution in [3.8, 4) is 0 Å². The lowest BCUT2D eigenvalue weighted by atomic mass is 10.0. The minimum absolute atomic E-state index is 0.154. The Hall–Kier alpha value is -1.22. The van der Waals surface area contributed by atoms with E-state index in [1.54, 1.807) is 0 Å². The van der Waals surface area contributed by atoms with E-state index in [0.29, 0.717) is 6.42 Å². The second-order valence-electron chi connectivity index (χ2n) is 5.36. The van der Waals surface area contributed by atoms with Crippen molar-refractivity contribution in [2.75, 3.05) is 14.2 Å². The molecular formula is C13H23NO7. The van der Waals surface area contributed by atoms with Crippen molar-refractivity contribution in [2.24, 2.45) is 5.92 Å². The molecule has 8 nitrogen and oxygen atoms in total. The molecule has 0 bridgehead atoms. The van der Waals surface area contributed by atoms with Crippen LogP contribution in [0.3, 0.4) is 0 Å². The van der Waals surface area contributed by atoms with Crippen LogP contribution in [0.25, 0.3) is 0 Å². The van der Waals surface area contributed by atoms with Crippen LogP contribution in [0.2, 0.25) is 0 Å². The largest absolute Gasteiger partial charge is 0.467 e. The summed E-state index contributed by atoms with van der Waals surface area (Å²) < 4.78 is 14.6. The topological polar surface area (TPSA) is 114 Å². The summed E-state index contributed by atoms with van der Waals surface area (Å²) in [6.45, 7) is 3.79. The molecule has 0 radical (unpaired) electrons. The molecule has 21 heavy (non-hydrogen) atoms. The van der Waals surface area contributed by atoms with Crippen molar-refractivity contribution in [3.05, 3.63) is 0 Å². The SMILES string of the molecule is COC(=O)C(CC(C)C)NC(=O)[C@H]1O[C@@H](OC)[C@H](O)[C@@H]1O. The van der Waals surface area contributed by atoms with E-state index in [4.69, 9.17) is 9.47 Å². The van der Waals surface area contributed by atoms with Crippen LogP contribution in [0, 0.1) is 5.92 Å². The fourth-order valence-electron chi connectivity index (χ4n) is 2.14. The zero-order chi connectivity index (χ0) is 16.2. The Morgan fingerprint density at radius 1 is 1.24 bits per heavy atom. The van der Waals surface area contributed by atoms with Crippen LogP contribution in [-0.4, -0.2) is 67.0 Å². The quantitative estimate of drug-likeness (QED) is 0.527. The molecule has 1 unspecified atom stereocenters. The Morgan fingerprint density at radius 2 is 1.86 bits per heavy atom. The highest BCUT2D eigenvalue weighted by molar-refractivity contribution is 5.87. The highest BCUT2D eigenvalue weighted by Crippen LogP contribution is 2.22. The number of aliphatic hydroxyl groups excluding tert-OH is 2. The van der Waals surface area contributed by atoms with Crippen molar-refractivity contribution in [1.29, 1.82) is 0 Å². The van der Waals surface area contributed by atoms with E-state index >= 15 is 0 Å². The predicted octanol–water partition coefficient (Wildman–Crippen LogP) is -1.22. The summed E-state index contributed by atoms with van der Waals surface area (Å²) >= 11 is 0. The van der Waals surface area contributed by atoms with E-state index in [1.165, 1.54) is 14.2 Å². The second kappa shape index (κ2) is 7.69. The molecule has 1 amide bonds. The first-order valence-electron chi connectivity index (χ1n) is 6.74. The summed E-state index contributed by atoms with van der Waals surface area (Å²) in [7, 11) is 2.52. The zero-order valence-electron chi connectivity index (χ0n) is 12.6. The number of hydrogen-bond donors (Lipinski definition) is 3.